The molecule has 1 aliphatic heterocycles. The number of alkyl halides is 1. The lowest BCUT2D eigenvalue weighted by atomic mass is 10.0. The van der Waals surface area contributed by atoms with E-state index in [4.69, 9.17) is 20.4 Å². The van der Waals surface area contributed by atoms with E-state index in [1.54, 1.807) is 0 Å². The number of aliphatic hydroxyl groups excluding tert-OH is 3. The Balaban J connectivity index is 2.76. The fourth-order valence-corrected chi connectivity index (χ4v) is 1.05. The highest BCUT2D eigenvalue weighted by Crippen LogP contribution is 2.22. The zero-order chi connectivity index (χ0) is 10.2. The van der Waals surface area contributed by atoms with Gasteiger partial charge in [-0.1, -0.05) is 0 Å². The third-order valence-electron chi connectivity index (χ3n) is 1.79. The van der Waals surface area contributed by atoms with Gasteiger partial charge in [-0.05, 0) is 0 Å². The number of ether oxygens (including phenoxy) is 1. The van der Waals surface area contributed by atoms with Gasteiger partial charge in [0.25, 0.3) is 0 Å². The Hall–Kier alpha value is -0.760. The molecule has 1 saturated heterocycles. The minimum absolute atomic E-state index is 1.57. The summed E-state index contributed by atoms with van der Waals surface area (Å²) in [5.74, 6) is -1.57. The number of aliphatic carboxylic acids is 1. The third-order valence-corrected chi connectivity index (χ3v) is 1.79. The van der Waals surface area contributed by atoms with E-state index in [2.05, 4.69) is 4.74 Å². The first kappa shape index (κ1) is 10.3. The summed E-state index contributed by atoms with van der Waals surface area (Å²) in [6, 6.07) is 0. The van der Waals surface area contributed by atoms with Gasteiger partial charge in [0.15, 0.2) is 18.6 Å². The second-order valence-electron chi connectivity index (χ2n) is 2.71. The van der Waals surface area contributed by atoms with Gasteiger partial charge in [0.05, 0.1) is 0 Å². The Kier molecular flexibility index (Phi) is 2.81. The molecule has 0 unspecified atom stereocenters. The second-order valence-corrected chi connectivity index (χ2v) is 2.71. The molecule has 0 bridgehead atoms. The van der Waals surface area contributed by atoms with Gasteiger partial charge < -0.3 is 25.2 Å². The van der Waals surface area contributed by atoms with Crippen molar-refractivity contribution in [2.75, 3.05) is 0 Å². The van der Waals surface area contributed by atoms with E-state index in [-0.39, 0.29) is 0 Å². The summed E-state index contributed by atoms with van der Waals surface area (Å²) in [6.45, 7) is 0. The molecule has 1 fully saturated rings. The number of aliphatic hydroxyl groups is 3. The van der Waals surface area contributed by atoms with Gasteiger partial charge in [-0.3, -0.25) is 0 Å². The van der Waals surface area contributed by atoms with Crippen LogP contribution >= 0.6 is 0 Å². The van der Waals surface area contributed by atoms with Crippen LogP contribution < -0.4 is 0 Å². The van der Waals surface area contributed by atoms with Crippen molar-refractivity contribution in [3.63, 3.8) is 0 Å². The van der Waals surface area contributed by atoms with E-state index in [0.29, 0.717) is 0 Å². The van der Waals surface area contributed by atoms with Crippen molar-refractivity contribution in [3.8, 4) is 0 Å². The maximum atomic E-state index is 12.7. The first-order chi connectivity index (χ1) is 5.95. The van der Waals surface area contributed by atoms with Crippen molar-refractivity contribution in [2.45, 2.75) is 30.8 Å². The summed E-state index contributed by atoms with van der Waals surface area (Å²) in [5.41, 5.74) is 0. The number of carbonyl (C=O) groups is 1. The van der Waals surface area contributed by atoms with Gasteiger partial charge in [0.1, 0.15) is 12.2 Å². The molecule has 0 spiro atoms. The fourth-order valence-electron chi connectivity index (χ4n) is 1.05. The Labute approximate surface area is 72.2 Å². The first-order valence-corrected chi connectivity index (χ1v) is 3.51. The molecule has 1 heterocycles. The Morgan fingerprint density at radius 1 is 1.23 bits per heavy atom. The molecular formula is C6H9FO6. The lowest BCUT2D eigenvalue weighted by Crippen LogP contribution is -2.58. The van der Waals surface area contributed by atoms with Crippen molar-refractivity contribution in [1.82, 2.24) is 0 Å². The summed E-state index contributed by atoms with van der Waals surface area (Å²) in [6.07, 6.45) is -9.87. The molecule has 0 saturated carbocycles. The van der Waals surface area contributed by atoms with E-state index in [1.807, 2.05) is 0 Å². The minimum Gasteiger partial charge on any atom is -0.479 e. The number of hydrogen-bond acceptors (Lipinski definition) is 5. The highest BCUT2D eigenvalue weighted by atomic mass is 19.1. The molecule has 0 amide bonds. The SMILES string of the molecule is O=C(O)[C@@H]1O[C@H](O)[C@H](F)[C@@H](O)[C@@H]1O. The molecule has 0 aromatic rings. The van der Waals surface area contributed by atoms with Crippen molar-refractivity contribution in [1.29, 1.82) is 0 Å². The molecule has 13 heavy (non-hydrogen) atoms. The van der Waals surface area contributed by atoms with Gasteiger partial charge in [-0.15, -0.1) is 0 Å². The molecule has 1 rings (SSSR count). The number of carboxylic acid groups (broad SMARTS) is 1. The van der Waals surface area contributed by atoms with Crippen LogP contribution in [-0.2, 0) is 9.53 Å². The summed E-state index contributed by atoms with van der Waals surface area (Å²) < 4.78 is 16.9. The largest absolute Gasteiger partial charge is 0.479 e. The average molecular weight is 196 g/mol. The second kappa shape index (κ2) is 3.54. The predicted octanol–water partition coefficient (Wildman–Crippen LogP) is -2.15. The summed E-state index contributed by atoms with van der Waals surface area (Å²) in [4.78, 5) is 10.3. The summed E-state index contributed by atoms with van der Waals surface area (Å²) >= 11 is 0. The third kappa shape index (κ3) is 1.78. The molecule has 76 valence electrons. The van der Waals surface area contributed by atoms with Crippen LogP contribution in [0.1, 0.15) is 0 Å². The average Bonchev–Trinajstić information content (AvgIpc) is 2.07. The monoisotopic (exact) mass is 196 g/mol. The highest BCUT2D eigenvalue weighted by molar-refractivity contribution is 5.73. The van der Waals surface area contributed by atoms with Gasteiger partial charge >= 0.3 is 5.97 Å². The molecular weight excluding hydrogens is 187 g/mol. The predicted molar refractivity (Wildman–Crippen MR) is 35.4 cm³/mol. The van der Waals surface area contributed by atoms with Crippen molar-refractivity contribution in [2.24, 2.45) is 0 Å². The zero-order valence-electron chi connectivity index (χ0n) is 6.37. The topological polar surface area (TPSA) is 107 Å². The maximum Gasteiger partial charge on any atom is 0.335 e. The van der Waals surface area contributed by atoms with Gasteiger partial charge in [0.2, 0.25) is 0 Å². The van der Waals surface area contributed by atoms with Crippen LogP contribution in [0.5, 0.6) is 0 Å². The number of hydrogen-bond donors (Lipinski definition) is 4. The Morgan fingerprint density at radius 2 is 1.77 bits per heavy atom. The number of halogens is 1. The lowest BCUT2D eigenvalue weighted by molar-refractivity contribution is -0.265. The van der Waals surface area contributed by atoms with E-state index in [1.165, 1.54) is 0 Å². The summed E-state index contributed by atoms with van der Waals surface area (Å²) in [7, 11) is 0. The van der Waals surface area contributed by atoms with Crippen molar-refractivity contribution >= 4 is 5.97 Å². The first-order valence-electron chi connectivity index (χ1n) is 3.51. The van der Waals surface area contributed by atoms with E-state index in [0.717, 1.165) is 0 Å². The van der Waals surface area contributed by atoms with Crippen LogP contribution in [-0.4, -0.2) is 57.2 Å². The summed E-state index contributed by atoms with van der Waals surface area (Å²) in [5, 5.41) is 35.1. The zero-order valence-corrected chi connectivity index (χ0v) is 6.37. The van der Waals surface area contributed by atoms with Crippen LogP contribution in [0.2, 0.25) is 0 Å². The van der Waals surface area contributed by atoms with Crippen LogP contribution in [0.25, 0.3) is 0 Å². The van der Waals surface area contributed by atoms with Gasteiger partial charge in [0, 0.05) is 0 Å². The maximum absolute atomic E-state index is 12.7. The van der Waals surface area contributed by atoms with Crippen molar-refractivity contribution in [3.05, 3.63) is 0 Å². The molecule has 1 aliphatic rings. The minimum atomic E-state index is -2.20. The number of rotatable bonds is 1. The molecule has 0 aromatic heterocycles. The van der Waals surface area contributed by atoms with Crippen molar-refractivity contribution < 1.29 is 34.3 Å². The molecule has 5 atom stereocenters. The fraction of sp³-hybridized carbons (Fsp3) is 0.833. The normalized spacial score (nSPS) is 46.0. The number of carboxylic acids is 1. The molecule has 4 N–H and O–H groups in total. The van der Waals surface area contributed by atoms with E-state index >= 15 is 0 Å². The van der Waals surface area contributed by atoms with E-state index in [9.17, 15) is 9.18 Å². The standard InChI is InChI=1S/C6H9FO6/c7-1-2(8)3(9)4(5(10)11)13-6(1)12/h1-4,6,8-9,12H,(H,10,11)/t1-,2-,3+,4-,6+/m1/s1. The molecule has 6 nitrogen and oxygen atoms in total. The van der Waals surface area contributed by atoms with Gasteiger partial charge in [-0.25, -0.2) is 9.18 Å². The quantitative estimate of drug-likeness (QED) is 0.381. The highest BCUT2D eigenvalue weighted by Gasteiger charge is 2.47. The van der Waals surface area contributed by atoms with Crippen LogP contribution in [0.15, 0.2) is 0 Å². The van der Waals surface area contributed by atoms with E-state index < -0.39 is 36.7 Å². The molecule has 0 radical (unpaired) electrons. The van der Waals surface area contributed by atoms with Crippen LogP contribution in [0.4, 0.5) is 4.39 Å². The molecule has 7 heteroatoms. The Morgan fingerprint density at radius 3 is 2.23 bits per heavy atom. The Bertz CT molecular complexity index is 209. The smallest absolute Gasteiger partial charge is 0.335 e. The van der Waals surface area contributed by atoms with Gasteiger partial charge in [-0.2, -0.15) is 0 Å². The van der Waals surface area contributed by atoms with Crippen LogP contribution in [0.3, 0.4) is 0 Å². The van der Waals surface area contributed by atoms with Crippen LogP contribution in [0, 0.1) is 0 Å². The lowest BCUT2D eigenvalue weighted by Gasteiger charge is -2.34. The molecule has 0 aliphatic carbocycles. The molecule has 0 aromatic carbocycles.